The number of nitrogens with two attached hydrogens (primary N) is 1. The minimum absolute atomic E-state index is 0.0391. The fourth-order valence-corrected chi connectivity index (χ4v) is 1.56. The number of hydrogen-bond donors (Lipinski definition) is 2. The summed E-state index contributed by atoms with van der Waals surface area (Å²) in [5.41, 5.74) is 8.87. The van der Waals surface area contributed by atoms with Gasteiger partial charge in [-0.3, -0.25) is 4.79 Å². The third-order valence-electron chi connectivity index (χ3n) is 2.63. The second-order valence-corrected chi connectivity index (χ2v) is 3.97. The van der Waals surface area contributed by atoms with Gasteiger partial charge in [-0.1, -0.05) is 6.07 Å². The molecule has 3 N–H and O–H groups in total. The molecule has 0 saturated heterocycles. The molecule has 0 unspecified atom stereocenters. The van der Waals surface area contributed by atoms with E-state index in [1.807, 2.05) is 19.9 Å². The van der Waals surface area contributed by atoms with Crippen LogP contribution in [0.15, 0.2) is 12.1 Å². The average molecular weight is 222 g/mol. The van der Waals surface area contributed by atoms with Crippen molar-refractivity contribution in [3.05, 3.63) is 28.8 Å². The van der Waals surface area contributed by atoms with Crippen molar-refractivity contribution in [1.29, 1.82) is 0 Å². The summed E-state index contributed by atoms with van der Waals surface area (Å²) in [5, 5.41) is 8.78. The Kier molecular flexibility index (Phi) is 3.90. The zero-order valence-electron chi connectivity index (χ0n) is 9.95. The van der Waals surface area contributed by atoms with Gasteiger partial charge < -0.3 is 15.7 Å². The van der Waals surface area contributed by atoms with Crippen LogP contribution in [0.4, 0.5) is 5.69 Å². The van der Waals surface area contributed by atoms with E-state index in [2.05, 4.69) is 0 Å². The number of hydrogen-bond acceptors (Lipinski definition) is 3. The number of benzene rings is 1. The fourth-order valence-electron chi connectivity index (χ4n) is 1.56. The van der Waals surface area contributed by atoms with Gasteiger partial charge in [0.25, 0.3) is 5.91 Å². The maximum Gasteiger partial charge on any atom is 0.254 e. The van der Waals surface area contributed by atoms with Crippen molar-refractivity contribution < 1.29 is 9.90 Å². The number of aliphatic hydroxyl groups is 1. The number of anilines is 1. The van der Waals surface area contributed by atoms with Crippen molar-refractivity contribution in [3.8, 4) is 0 Å². The summed E-state index contributed by atoms with van der Waals surface area (Å²) in [4.78, 5) is 13.5. The molecule has 1 aromatic carbocycles. The number of carbonyl (C=O) groups excluding carboxylic acids is 1. The molecular weight excluding hydrogens is 204 g/mol. The third kappa shape index (κ3) is 2.52. The van der Waals surface area contributed by atoms with E-state index < -0.39 is 0 Å². The van der Waals surface area contributed by atoms with Crippen LogP contribution in [0.25, 0.3) is 0 Å². The highest BCUT2D eigenvalue weighted by Gasteiger charge is 2.14. The highest BCUT2D eigenvalue weighted by atomic mass is 16.3. The lowest BCUT2D eigenvalue weighted by molar-refractivity contribution is 0.0766. The summed E-state index contributed by atoms with van der Waals surface area (Å²) in [7, 11) is 1.66. The van der Waals surface area contributed by atoms with Crippen molar-refractivity contribution in [3.63, 3.8) is 0 Å². The molecule has 0 heterocycles. The minimum Gasteiger partial charge on any atom is -0.398 e. The Morgan fingerprint density at radius 2 is 2.00 bits per heavy atom. The molecule has 0 aliphatic carbocycles. The van der Waals surface area contributed by atoms with Crippen molar-refractivity contribution in [2.75, 3.05) is 25.9 Å². The van der Waals surface area contributed by atoms with Crippen LogP contribution in [-0.4, -0.2) is 36.1 Å². The van der Waals surface area contributed by atoms with Gasteiger partial charge in [0.05, 0.1) is 6.61 Å². The maximum atomic E-state index is 12.0. The van der Waals surface area contributed by atoms with E-state index in [0.29, 0.717) is 17.8 Å². The normalized spacial score (nSPS) is 10.2. The summed E-state index contributed by atoms with van der Waals surface area (Å²) in [6, 6.07) is 3.59. The zero-order chi connectivity index (χ0) is 12.3. The molecule has 4 nitrogen and oxygen atoms in total. The summed E-state index contributed by atoms with van der Waals surface area (Å²) >= 11 is 0. The molecule has 1 aromatic rings. The van der Waals surface area contributed by atoms with Gasteiger partial charge in [-0.2, -0.15) is 0 Å². The Hall–Kier alpha value is -1.55. The maximum absolute atomic E-state index is 12.0. The van der Waals surface area contributed by atoms with Crippen LogP contribution in [0.2, 0.25) is 0 Å². The Morgan fingerprint density at radius 1 is 1.38 bits per heavy atom. The van der Waals surface area contributed by atoms with Crippen molar-refractivity contribution in [2.45, 2.75) is 13.8 Å². The van der Waals surface area contributed by atoms with E-state index in [1.54, 1.807) is 13.1 Å². The van der Waals surface area contributed by atoms with Gasteiger partial charge >= 0.3 is 0 Å². The molecule has 0 aliphatic heterocycles. The molecule has 0 bridgehead atoms. The molecule has 1 amide bonds. The van der Waals surface area contributed by atoms with E-state index in [0.717, 1.165) is 11.1 Å². The van der Waals surface area contributed by atoms with Crippen LogP contribution in [-0.2, 0) is 0 Å². The van der Waals surface area contributed by atoms with Gasteiger partial charge in [-0.25, -0.2) is 0 Å². The number of carbonyl (C=O) groups is 1. The number of nitrogen functional groups attached to an aromatic ring is 1. The van der Waals surface area contributed by atoms with Crippen LogP contribution in [0.1, 0.15) is 21.5 Å². The molecule has 4 heteroatoms. The topological polar surface area (TPSA) is 66.6 Å². The smallest absolute Gasteiger partial charge is 0.254 e. The predicted octanol–water partition coefficient (Wildman–Crippen LogP) is 0.950. The van der Waals surface area contributed by atoms with Gasteiger partial charge in [-0.05, 0) is 31.0 Å². The molecule has 0 radical (unpaired) electrons. The first kappa shape index (κ1) is 12.5. The summed E-state index contributed by atoms with van der Waals surface area (Å²) in [6.07, 6.45) is 0. The van der Waals surface area contributed by atoms with Crippen molar-refractivity contribution in [2.24, 2.45) is 0 Å². The van der Waals surface area contributed by atoms with E-state index in [4.69, 9.17) is 10.8 Å². The third-order valence-corrected chi connectivity index (χ3v) is 2.63. The predicted molar refractivity (Wildman–Crippen MR) is 64.4 cm³/mol. The fraction of sp³-hybridized carbons (Fsp3) is 0.417. The van der Waals surface area contributed by atoms with Crippen LogP contribution >= 0.6 is 0 Å². The number of likely N-dealkylation sites (N-methyl/N-ethyl adjacent to an activating group) is 1. The Labute approximate surface area is 95.7 Å². The monoisotopic (exact) mass is 222 g/mol. The van der Waals surface area contributed by atoms with Gasteiger partial charge in [0, 0.05) is 24.8 Å². The summed E-state index contributed by atoms with van der Waals surface area (Å²) in [5.74, 6) is -0.113. The standard InChI is InChI=1S/C12H18N2O2/c1-8-6-9(2)11(13)7-10(8)12(16)14(3)4-5-15/h6-7,15H,4-5,13H2,1-3H3. The van der Waals surface area contributed by atoms with Gasteiger partial charge in [-0.15, -0.1) is 0 Å². The number of rotatable bonds is 3. The molecule has 0 aliphatic rings. The second kappa shape index (κ2) is 4.99. The van der Waals surface area contributed by atoms with Gasteiger partial charge in [0.15, 0.2) is 0 Å². The van der Waals surface area contributed by atoms with E-state index >= 15 is 0 Å². The number of amides is 1. The largest absolute Gasteiger partial charge is 0.398 e. The Bertz CT molecular complexity index is 402. The Balaban J connectivity index is 3.04. The quantitative estimate of drug-likeness (QED) is 0.748. The van der Waals surface area contributed by atoms with E-state index in [1.165, 1.54) is 4.90 Å². The molecule has 0 atom stereocenters. The van der Waals surface area contributed by atoms with Gasteiger partial charge in [0.2, 0.25) is 0 Å². The highest BCUT2D eigenvalue weighted by Crippen LogP contribution is 2.18. The van der Waals surface area contributed by atoms with Crippen LogP contribution < -0.4 is 5.73 Å². The van der Waals surface area contributed by atoms with Crippen LogP contribution in [0.5, 0.6) is 0 Å². The van der Waals surface area contributed by atoms with Crippen molar-refractivity contribution in [1.82, 2.24) is 4.90 Å². The zero-order valence-corrected chi connectivity index (χ0v) is 9.95. The van der Waals surface area contributed by atoms with Crippen molar-refractivity contribution >= 4 is 11.6 Å². The number of aryl methyl sites for hydroxylation is 2. The summed E-state index contributed by atoms with van der Waals surface area (Å²) < 4.78 is 0. The first-order valence-corrected chi connectivity index (χ1v) is 5.20. The molecular formula is C12H18N2O2. The molecule has 0 spiro atoms. The number of aliphatic hydroxyl groups excluding tert-OH is 1. The van der Waals surface area contributed by atoms with Crippen LogP contribution in [0.3, 0.4) is 0 Å². The molecule has 0 aromatic heterocycles. The lowest BCUT2D eigenvalue weighted by atomic mass is 10.0. The lowest BCUT2D eigenvalue weighted by Crippen LogP contribution is -2.30. The molecule has 0 saturated carbocycles. The van der Waals surface area contributed by atoms with E-state index in [9.17, 15) is 4.79 Å². The van der Waals surface area contributed by atoms with E-state index in [-0.39, 0.29) is 12.5 Å². The Morgan fingerprint density at radius 3 is 2.56 bits per heavy atom. The molecule has 16 heavy (non-hydrogen) atoms. The first-order valence-electron chi connectivity index (χ1n) is 5.20. The van der Waals surface area contributed by atoms with Gasteiger partial charge in [0.1, 0.15) is 0 Å². The minimum atomic E-state index is -0.113. The van der Waals surface area contributed by atoms with Crippen LogP contribution in [0, 0.1) is 13.8 Å². The average Bonchev–Trinajstić information content (AvgIpc) is 2.23. The lowest BCUT2D eigenvalue weighted by Gasteiger charge is -2.17. The summed E-state index contributed by atoms with van der Waals surface area (Å²) in [6.45, 7) is 4.08. The molecule has 88 valence electrons. The molecule has 1 rings (SSSR count). The molecule has 0 fully saturated rings. The second-order valence-electron chi connectivity index (χ2n) is 3.97. The highest BCUT2D eigenvalue weighted by molar-refractivity contribution is 5.96. The first-order chi connectivity index (χ1) is 7.47. The SMILES string of the molecule is Cc1cc(C)c(C(=O)N(C)CCO)cc1N. The number of nitrogens with zero attached hydrogens (tertiary/aromatic N) is 1.